The Bertz CT molecular complexity index is 209. The first-order valence-corrected chi connectivity index (χ1v) is 5.96. The number of nitrogens with one attached hydrogen (secondary N) is 1. The van der Waals surface area contributed by atoms with Crippen LogP contribution in [0.15, 0.2) is 0 Å². The standard InChI is InChI=1S/C12H26N2O2/c1-6-7-9-14(4)10-8-12(2,13-3)11(15)16-5/h13H,6-10H2,1-5H3. The van der Waals surface area contributed by atoms with Gasteiger partial charge in [0, 0.05) is 6.54 Å². The number of rotatable bonds is 8. The third-order valence-corrected chi connectivity index (χ3v) is 3.07. The molecular formula is C12H26N2O2. The summed E-state index contributed by atoms with van der Waals surface area (Å²) in [5.41, 5.74) is -0.574. The van der Waals surface area contributed by atoms with E-state index in [4.69, 9.17) is 4.74 Å². The molecule has 0 rings (SSSR count). The minimum atomic E-state index is -0.574. The molecule has 0 aliphatic rings. The van der Waals surface area contributed by atoms with Gasteiger partial charge in [0.15, 0.2) is 0 Å². The molecule has 0 aliphatic carbocycles. The van der Waals surface area contributed by atoms with E-state index in [9.17, 15) is 4.79 Å². The summed E-state index contributed by atoms with van der Waals surface area (Å²) in [5.74, 6) is -0.195. The van der Waals surface area contributed by atoms with Crippen LogP contribution in [0, 0.1) is 0 Å². The lowest BCUT2D eigenvalue weighted by Crippen LogP contribution is -2.50. The van der Waals surface area contributed by atoms with Gasteiger partial charge < -0.3 is 15.0 Å². The Morgan fingerprint density at radius 2 is 2.06 bits per heavy atom. The van der Waals surface area contributed by atoms with Gasteiger partial charge in [-0.1, -0.05) is 13.3 Å². The van der Waals surface area contributed by atoms with E-state index in [0.717, 1.165) is 19.5 Å². The van der Waals surface area contributed by atoms with Crippen LogP contribution in [0.1, 0.15) is 33.1 Å². The average molecular weight is 230 g/mol. The summed E-state index contributed by atoms with van der Waals surface area (Å²) in [4.78, 5) is 13.8. The number of carbonyl (C=O) groups is 1. The zero-order valence-electron chi connectivity index (χ0n) is 11.3. The highest BCUT2D eigenvalue weighted by Gasteiger charge is 2.32. The number of carbonyl (C=O) groups excluding carboxylic acids is 1. The first kappa shape index (κ1) is 15.4. The Kier molecular flexibility index (Phi) is 7.34. The van der Waals surface area contributed by atoms with Gasteiger partial charge in [0.2, 0.25) is 0 Å². The van der Waals surface area contributed by atoms with Gasteiger partial charge in [-0.3, -0.25) is 4.79 Å². The lowest BCUT2D eigenvalue weighted by molar-refractivity contribution is -0.148. The quantitative estimate of drug-likeness (QED) is 0.637. The summed E-state index contributed by atoms with van der Waals surface area (Å²) in [6, 6.07) is 0. The molecular weight excluding hydrogens is 204 g/mol. The van der Waals surface area contributed by atoms with Gasteiger partial charge in [-0.15, -0.1) is 0 Å². The summed E-state index contributed by atoms with van der Waals surface area (Å²) in [6.45, 7) is 6.04. The first-order chi connectivity index (χ1) is 7.50. The van der Waals surface area contributed by atoms with E-state index in [0.29, 0.717) is 0 Å². The third-order valence-electron chi connectivity index (χ3n) is 3.07. The van der Waals surface area contributed by atoms with Crippen molar-refractivity contribution in [1.29, 1.82) is 0 Å². The summed E-state index contributed by atoms with van der Waals surface area (Å²) in [5, 5.41) is 3.04. The van der Waals surface area contributed by atoms with Crippen LogP contribution in [0.2, 0.25) is 0 Å². The fourth-order valence-corrected chi connectivity index (χ4v) is 1.51. The maximum absolute atomic E-state index is 11.6. The van der Waals surface area contributed by atoms with Gasteiger partial charge in [0.1, 0.15) is 5.54 Å². The van der Waals surface area contributed by atoms with Crippen molar-refractivity contribution in [3.05, 3.63) is 0 Å². The molecule has 0 aliphatic heterocycles. The van der Waals surface area contributed by atoms with E-state index in [1.165, 1.54) is 20.0 Å². The minimum absolute atomic E-state index is 0.195. The molecule has 0 fully saturated rings. The number of esters is 1. The lowest BCUT2D eigenvalue weighted by Gasteiger charge is -2.28. The van der Waals surface area contributed by atoms with Crippen LogP contribution in [-0.4, -0.2) is 50.7 Å². The molecule has 1 atom stereocenters. The summed E-state index contributed by atoms with van der Waals surface area (Å²) >= 11 is 0. The molecule has 0 aromatic rings. The van der Waals surface area contributed by atoms with Crippen molar-refractivity contribution in [1.82, 2.24) is 10.2 Å². The van der Waals surface area contributed by atoms with E-state index in [1.807, 2.05) is 6.92 Å². The second-order valence-electron chi connectivity index (χ2n) is 4.48. The SMILES string of the molecule is CCCCN(C)CCC(C)(NC)C(=O)OC. The second kappa shape index (κ2) is 7.63. The van der Waals surface area contributed by atoms with E-state index >= 15 is 0 Å². The van der Waals surface area contributed by atoms with Crippen LogP contribution in [0.25, 0.3) is 0 Å². The predicted octanol–water partition coefficient (Wildman–Crippen LogP) is 1.26. The van der Waals surface area contributed by atoms with Gasteiger partial charge in [-0.2, -0.15) is 0 Å². The Labute approximate surface area is 99.3 Å². The maximum atomic E-state index is 11.6. The zero-order valence-corrected chi connectivity index (χ0v) is 11.3. The van der Waals surface area contributed by atoms with Gasteiger partial charge in [-0.25, -0.2) is 0 Å². The Hall–Kier alpha value is -0.610. The molecule has 4 nitrogen and oxygen atoms in total. The predicted molar refractivity (Wildman–Crippen MR) is 66.5 cm³/mol. The fourth-order valence-electron chi connectivity index (χ4n) is 1.51. The average Bonchev–Trinajstić information content (AvgIpc) is 2.32. The molecule has 0 aromatic carbocycles. The topological polar surface area (TPSA) is 41.6 Å². The second-order valence-corrected chi connectivity index (χ2v) is 4.48. The highest BCUT2D eigenvalue weighted by atomic mass is 16.5. The monoisotopic (exact) mass is 230 g/mol. The van der Waals surface area contributed by atoms with Crippen LogP contribution in [0.3, 0.4) is 0 Å². The van der Waals surface area contributed by atoms with Gasteiger partial charge in [0.05, 0.1) is 7.11 Å². The molecule has 0 saturated heterocycles. The Morgan fingerprint density at radius 1 is 1.44 bits per heavy atom. The van der Waals surface area contributed by atoms with E-state index in [2.05, 4.69) is 24.2 Å². The van der Waals surface area contributed by atoms with E-state index in [-0.39, 0.29) is 5.97 Å². The number of nitrogens with zero attached hydrogens (tertiary/aromatic N) is 1. The van der Waals surface area contributed by atoms with Crippen molar-refractivity contribution < 1.29 is 9.53 Å². The number of hydrogen-bond acceptors (Lipinski definition) is 4. The molecule has 1 N–H and O–H groups in total. The summed E-state index contributed by atoms with van der Waals surface area (Å²) in [6.07, 6.45) is 3.16. The van der Waals surface area contributed by atoms with Crippen molar-refractivity contribution in [3.63, 3.8) is 0 Å². The van der Waals surface area contributed by atoms with Crippen LogP contribution in [0.4, 0.5) is 0 Å². The fraction of sp³-hybridized carbons (Fsp3) is 0.917. The van der Waals surface area contributed by atoms with Crippen molar-refractivity contribution in [2.45, 2.75) is 38.6 Å². The van der Waals surface area contributed by atoms with Crippen LogP contribution in [0.5, 0.6) is 0 Å². The minimum Gasteiger partial charge on any atom is -0.468 e. The van der Waals surface area contributed by atoms with Gasteiger partial charge in [-0.05, 0) is 40.4 Å². The molecule has 0 radical (unpaired) electrons. The van der Waals surface area contributed by atoms with Crippen LogP contribution < -0.4 is 5.32 Å². The lowest BCUT2D eigenvalue weighted by atomic mass is 9.98. The van der Waals surface area contributed by atoms with Crippen molar-refractivity contribution >= 4 is 5.97 Å². The molecule has 0 heterocycles. The summed E-state index contributed by atoms with van der Waals surface area (Å²) < 4.78 is 4.80. The molecule has 0 aromatic heterocycles. The number of likely N-dealkylation sites (N-methyl/N-ethyl adjacent to an activating group) is 1. The van der Waals surface area contributed by atoms with Crippen molar-refractivity contribution in [3.8, 4) is 0 Å². The number of methoxy groups -OCH3 is 1. The molecule has 0 saturated carbocycles. The molecule has 1 unspecified atom stereocenters. The highest BCUT2D eigenvalue weighted by Crippen LogP contribution is 2.12. The summed E-state index contributed by atoms with van der Waals surface area (Å²) in [7, 11) is 5.31. The first-order valence-electron chi connectivity index (χ1n) is 5.96. The largest absolute Gasteiger partial charge is 0.468 e. The number of ether oxygens (including phenoxy) is 1. The van der Waals surface area contributed by atoms with Gasteiger partial charge in [0.25, 0.3) is 0 Å². The molecule has 0 spiro atoms. The Balaban J connectivity index is 4.08. The highest BCUT2D eigenvalue weighted by molar-refractivity contribution is 5.80. The molecule has 4 heteroatoms. The molecule has 96 valence electrons. The molecule has 0 amide bonds. The zero-order chi connectivity index (χ0) is 12.6. The van der Waals surface area contributed by atoms with Crippen LogP contribution >= 0.6 is 0 Å². The van der Waals surface area contributed by atoms with Crippen LogP contribution in [-0.2, 0) is 9.53 Å². The van der Waals surface area contributed by atoms with Gasteiger partial charge >= 0.3 is 5.97 Å². The number of unbranched alkanes of at least 4 members (excludes halogenated alkanes) is 1. The smallest absolute Gasteiger partial charge is 0.325 e. The number of hydrogen-bond donors (Lipinski definition) is 1. The maximum Gasteiger partial charge on any atom is 0.325 e. The van der Waals surface area contributed by atoms with E-state index in [1.54, 1.807) is 7.05 Å². The van der Waals surface area contributed by atoms with Crippen molar-refractivity contribution in [2.24, 2.45) is 0 Å². The van der Waals surface area contributed by atoms with E-state index < -0.39 is 5.54 Å². The normalized spacial score (nSPS) is 14.9. The molecule has 0 bridgehead atoms. The Morgan fingerprint density at radius 3 is 2.50 bits per heavy atom. The van der Waals surface area contributed by atoms with Crippen molar-refractivity contribution in [2.75, 3.05) is 34.3 Å². The molecule has 16 heavy (non-hydrogen) atoms. The third kappa shape index (κ3) is 4.94.